The van der Waals surface area contributed by atoms with E-state index in [1.165, 1.54) is 16.3 Å². The number of anilines is 2. The highest BCUT2D eigenvalue weighted by molar-refractivity contribution is 7.80. The van der Waals surface area contributed by atoms with Gasteiger partial charge in [-0.1, -0.05) is 71.7 Å². The van der Waals surface area contributed by atoms with Gasteiger partial charge in [0.05, 0.1) is 25.0 Å². The number of benzene rings is 3. The third-order valence-corrected chi connectivity index (χ3v) is 6.28. The van der Waals surface area contributed by atoms with Gasteiger partial charge in [0.15, 0.2) is 10.9 Å². The summed E-state index contributed by atoms with van der Waals surface area (Å²) in [5.74, 6) is 0.615. The van der Waals surface area contributed by atoms with Gasteiger partial charge in [-0.2, -0.15) is 10.2 Å². The molecule has 5 aromatic rings. The van der Waals surface area contributed by atoms with Crippen LogP contribution >= 0.6 is 35.4 Å². The highest BCUT2D eigenvalue weighted by Crippen LogP contribution is 2.25. The average molecular weight is 507 g/mol. The van der Waals surface area contributed by atoms with Crippen molar-refractivity contribution in [3.8, 4) is 0 Å². The first-order chi connectivity index (χ1) is 16.5. The molecule has 0 spiro atoms. The summed E-state index contributed by atoms with van der Waals surface area (Å²) in [6.45, 7) is 1.12. The molecule has 0 aliphatic rings. The van der Waals surface area contributed by atoms with E-state index in [1.807, 2.05) is 47.4 Å². The van der Waals surface area contributed by atoms with Crippen molar-refractivity contribution in [3.05, 3.63) is 106 Å². The van der Waals surface area contributed by atoms with Crippen LogP contribution in [-0.4, -0.2) is 24.7 Å². The van der Waals surface area contributed by atoms with Crippen LogP contribution in [0, 0.1) is 0 Å². The van der Waals surface area contributed by atoms with Gasteiger partial charge >= 0.3 is 0 Å². The molecule has 5 rings (SSSR count). The normalized spacial score (nSPS) is 11.0. The van der Waals surface area contributed by atoms with Gasteiger partial charge in [-0.05, 0) is 40.7 Å². The van der Waals surface area contributed by atoms with Crippen molar-refractivity contribution in [1.82, 2.24) is 19.6 Å². The van der Waals surface area contributed by atoms with Crippen molar-refractivity contribution in [1.29, 1.82) is 0 Å². The predicted molar refractivity (Wildman–Crippen MR) is 143 cm³/mol. The molecule has 3 aromatic carbocycles. The van der Waals surface area contributed by atoms with Crippen molar-refractivity contribution in [2.45, 2.75) is 13.1 Å². The fraction of sp³-hybridized carbons (Fsp3) is 0.0800. The van der Waals surface area contributed by atoms with Crippen molar-refractivity contribution in [2.75, 3.05) is 10.6 Å². The van der Waals surface area contributed by atoms with Crippen LogP contribution in [-0.2, 0) is 13.1 Å². The number of halogens is 2. The van der Waals surface area contributed by atoms with Gasteiger partial charge in [0.25, 0.3) is 0 Å². The second kappa shape index (κ2) is 9.85. The lowest BCUT2D eigenvalue weighted by molar-refractivity contribution is 0.690. The molecule has 6 nitrogen and oxygen atoms in total. The molecule has 0 amide bonds. The summed E-state index contributed by atoms with van der Waals surface area (Å²) in [4.78, 5) is 0. The Kier molecular flexibility index (Phi) is 6.49. The SMILES string of the molecule is S=C(Nc1cnn(Cc2cccc3ccccc23)c1)Nc1ccn(Cc2c(Cl)cccc2Cl)n1. The lowest BCUT2D eigenvalue weighted by Gasteiger charge is -2.08. The number of nitrogens with one attached hydrogen (secondary N) is 2. The molecule has 0 aliphatic carbocycles. The van der Waals surface area contributed by atoms with Gasteiger partial charge in [0.2, 0.25) is 0 Å². The predicted octanol–water partition coefficient (Wildman–Crippen LogP) is 6.45. The number of thiocarbonyl (C=S) groups is 1. The molecule has 0 saturated heterocycles. The van der Waals surface area contributed by atoms with Gasteiger partial charge in [-0.15, -0.1) is 0 Å². The molecular formula is C25H20Cl2N6S. The number of aromatic nitrogens is 4. The molecule has 2 N–H and O–H groups in total. The zero-order chi connectivity index (χ0) is 23.5. The van der Waals surface area contributed by atoms with Crippen molar-refractivity contribution in [3.63, 3.8) is 0 Å². The summed E-state index contributed by atoms with van der Waals surface area (Å²) < 4.78 is 3.63. The summed E-state index contributed by atoms with van der Waals surface area (Å²) in [7, 11) is 0. The maximum absolute atomic E-state index is 6.26. The molecule has 0 atom stereocenters. The molecule has 0 fully saturated rings. The topological polar surface area (TPSA) is 59.7 Å². The molecule has 0 bridgehead atoms. The van der Waals surface area contributed by atoms with Crippen LogP contribution in [0.1, 0.15) is 11.1 Å². The zero-order valence-electron chi connectivity index (χ0n) is 18.0. The Morgan fingerprint density at radius 3 is 2.47 bits per heavy atom. The summed E-state index contributed by atoms with van der Waals surface area (Å²) in [6, 6.07) is 21.9. The Hall–Kier alpha value is -3.39. The van der Waals surface area contributed by atoms with E-state index in [2.05, 4.69) is 57.2 Å². The first-order valence-corrected chi connectivity index (χ1v) is 11.7. The number of nitrogens with zero attached hydrogens (tertiary/aromatic N) is 4. The first kappa shape index (κ1) is 22.4. The molecule has 0 aliphatic heterocycles. The van der Waals surface area contributed by atoms with E-state index in [-0.39, 0.29) is 0 Å². The molecule has 34 heavy (non-hydrogen) atoms. The Bertz CT molecular complexity index is 1450. The molecule has 0 unspecified atom stereocenters. The van der Waals surface area contributed by atoms with Gasteiger partial charge in [0, 0.05) is 34.1 Å². The minimum Gasteiger partial charge on any atom is -0.330 e. The minimum absolute atomic E-state index is 0.422. The lowest BCUT2D eigenvalue weighted by atomic mass is 10.0. The summed E-state index contributed by atoms with van der Waals surface area (Å²) >= 11 is 18.0. The van der Waals surface area contributed by atoms with Crippen LogP contribution in [0.25, 0.3) is 10.8 Å². The Morgan fingerprint density at radius 1 is 0.853 bits per heavy atom. The van der Waals surface area contributed by atoms with Crippen LogP contribution in [0.2, 0.25) is 10.0 Å². The second-order valence-corrected chi connectivity index (χ2v) is 8.97. The quantitative estimate of drug-likeness (QED) is 0.259. The zero-order valence-corrected chi connectivity index (χ0v) is 20.3. The maximum Gasteiger partial charge on any atom is 0.176 e. The van der Waals surface area contributed by atoms with E-state index in [9.17, 15) is 0 Å². The van der Waals surface area contributed by atoms with E-state index < -0.39 is 0 Å². The van der Waals surface area contributed by atoms with Gasteiger partial charge in [-0.3, -0.25) is 9.36 Å². The Balaban J connectivity index is 1.21. The highest BCUT2D eigenvalue weighted by Gasteiger charge is 2.09. The maximum atomic E-state index is 6.26. The van der Waals surface area contributed by atoms with Crippen LogP contribution in [0.3, 0.4) is 0 Å². The van der Waals surface area contributed by atoms with E-state index in [4.69, 9.17) is 35.4 Å². The molecule has 0 radical (unpaired) electrons. The Labute approximate surface area is 212 Å². The third-order valence-electron chi connectivity index (χ3n) is 5.37. The van der Waals surface area contributed by atoms with E-state index in [0.29, 0.717) is 34.1 Å². The fourth-order valence-corrected chi connectivity index (χ4v) is 4.50. The minimum atomic E-state index is 0.422. The molecule has 9 heteroatoms. The summed E-state index contributed by atoms with van der Waals surface area (Å²) in [6.07, 6.45) is 5.51. The highest BCUT2D eigenvalue weighted by atomic mass is 35.5. The molecular weight excluding hydrogens is 487 g/mol. The standard InChI is InChI=1S/C25H20Cl2N6S/c26-22-9-4-10-23(27)21(22)16-32-12-11-24(31-32)30-25(34)29-19-13-28-33(15-19)14-18-7-3-6-17-5-1-2-8-20(17)18/h1-13,15H,14,16H2,(H2,29,30,31,34). The first-order valence-electron chi connectivity index (χ1n) is 10.6. The Morgan fingerprint density at radius 2 is 1.62 bits per heavy atom. The van der Waals surface area contributed by atoms with Crippen LogP contribution in [0.5, 0.6) is 0 Å². The van der Waals surface area contributed by atoms with Crippen molar-refractivity contribution >= 4 is 62.8 Å². The van der Waals surface area contributed by atoms with Crippen LogP contribution in [0.4, 0.5) is 11.5 Å². The summed E-state index contributed by atoms with van der Waals surface area (Å²) in [5.41, 5.74) is 2.82. The van der Waals surface area contributed by atoms with E-state index >= 15 is 0 Å². The summed E-state index contributed by atoms with van der Waals surface area (Å²) in [5, 5.41) is 19.3. The van der Waals surface area contributed by atoms with Gasteiger partial charge in [0.1, 0.15) is 0 Å². The van der Waals surface area contributed by atoms with E-state index in [0.717, 1.165) is 11.3 Å². The van der Waals surface area contributed by atoms with Crippen molar-refractivity contribution in [2.24, 2.45) is 0 Å². The average Bonchev–Trinajstić information content (AvgIpc) is 3.45. The molecule has 2 heterocycles. The molecule has 0 saturated carbocycles. The smallest absolute Gasteiger partial charge is 0.176 e. The van der Waals surface area contributed by atoms with Gasteiger partial charge in [-0.25, -0.2) is 0 Å². The number of hydrogen-bond acceptors (Lipinski definition) is 3. The van der Waals surface area contributed by atoms with Crippen LogP contribution < -0.4 is 10.6 Å². The lowest BCUT2D eigenvalue weighted by Crippen LogP contribution is -2.19. The van der Waals surface area contributed by atoms with Crippen molar-refractivity contribution < 1.29 is 0 Å². The van der Waals surface area contributed by atoms with Crippen LogP contribution in [0.15, 0.2) is 85.3 Å². The van der Waals surface area contributed by atoms with E-state index in [1.54, 1.807) is 10.9 Å². The largest absolute Gasteiger partial charge is 0.330 e. The second-order valence-electron chi connectivity index (χ2n) is 7.74. The fourth-order valence-electron chi connectivity index (χ4n) is 3.76. The number of rotatable bonds is 6. The monoisotopic (exact) mass is 506 g/mol. The number of hydrogen-bond donors (Lipinski definition) is 2. The molecule has 170 valence electrons. The third kappa shape index (κ3) is 5.07. The number of fused-ring (bicyclic) bond motifs is 1. The van der Waals surface area contributed by atoms with Gasteiger partial charge < -0.3 is 10.6 Å². The molecule has 2 aromatic heterocycles.